The lowest BCUT2D eigenvalue weighted by Gasteiger charge is -2.26. The molecule has 31 heavy (non-hydrogen) atoms. The topological polar surface area (TPSA) is 93.6 Å². The number of nitrogens with zero attached hydrogens (tertiary/aromatic N) is 2. The molecule has 0 radical (unpaired) electrons. The second kappa shape index (κ2) is 8.14. The van der Waals surface area contributed by atoms with Gasteiger partial charge in [-0.05, 0) is 51.1 Å². The Morgan fingerprint density at radius 1 is 1.10 bits per heavy atom. The molecule has 160 valence electrons. The highest BCUT2D eigenvalue weighted by Crippen LogP contribution is 2.33. The number of ether oxygens (including phenoxy) is 2. The summed E-state index contributed by atoms with van der Waals surface area (Å²) < 4.78 is 12.0. The molecule has 0 spiro atoms. The standard InChI is InChI=1S/C23H23N3O5/c1-14(2)25(22(28)16-9-10-19-20(11-16)31-13-30-19)12-18(27)21-15(3)24-26(23(21)29)17-7-5-4-6-8-17/h4-11,14,24H,12-13H2,1-3H3. The van der Waals surface area contributed by atoms with Gasteiger partial charge in [0.25, 0.3) is 11.5 Å². The molecule has 8 heteroatoms. The molecule has 3 aromatic rings. The van der Waals surface area contributed by atoms with Crippen molar-refractivity contribution in [2.75, 3.05) is 13.3 Å². The number of aromatic nitrogens is 2. The number of ketones is 1. The first-order valence-corrected chi connectivity index (χ1v) is 9.97. The fourth-order valence-electron chi connectivity index (χ4n) is 3.55. The van der Waals surface area contributed by atoms with Crippen molar-refractivity contribution in [2.24, 2.45) is 0 Å². The molecular formula is C23H23N3O5. The Morgan fingerprint density at radius 3 is 2.52 bits per heavy atom. The second-order valence-corrected chi connectivity index (χ2v) is 7.61. The number of aryl methyl sites for hydroxylation is 1. The third-order valence-electron chi connectivity index (χ3n) is 5.18. The van der Waals surface area contributed by atoms with Crippen LogP contribution >= 0.6 is 0 Å². The van der Waals surface area contributed by atoms with E-state index in [9.17, 15) is 14.4 Å². The van der Waals surface area contributed by atoms with Gasteiger partial charge in [0.1, 0.15) is 5.56 Å². The highest BCUT2D eigenvalue weighted by atomic mass is 16.7. The Bertz CT molecular complexity index is 1190. The van der Waals surface area contributed by atoms with Gasteiger partial charge < -0.3 is 14.4 Å². The summed E-state index contributed by atoms with van der Waals surface area (Å²) in [6.07, 6.45) is 0. The lowest BCUT2D eigenvalue weighted by molar-refractivity contribution is 0.0661. The predicted molar refractivity (Wildman–Crippen MR) is 114 cm³/mol. The highest BCUT2D eigenvalue weighted by Gasteiger charge is 2.27. The molecule has 0 bridgehead atoms. The molecule has 4 rings (SSSR count). The molecule has 1 aromatic heterocycles. The minimum Gasteiger partial charge on any atom is -0.454 e. The molecule has 0 atom stereocenters. The third kappa shape index (κ3) is 3.84. The van der Waals surface area contributed by atoms with E-state index in [0.717, 1.165) is 0 Å². The molecule has 2 heterocycles. The zero-order valence-electron chi connectivity index (χ0n) is 17.5. The molecular weight excluding hydrogens is 398 g/mol. The van der Waals surface area contributed by atoms with E-state index in [-0.39, 0.29) is 30.9 Å². The van der Waals surface area contributed by atoms with Crippen LogP contribution in [0.5, 0.6) is 11.5 Å². The average Bonchev–Trinajstić information content (AvgIpc) is 3.35. The lowest BCUT2D eigenvalue weighted by atomic mass is 10.1. The summed E-state index contributed by atoms with van der Waals surface area (Å²) in [5.74, 6) is 0.329. The van der Waals surface area contributed by atoms with Crippen molar-refractivity contribution in [2.45, 2.75) is 26.8 Å². The summed E-state index contributed by atoms with van der Waals surface area (Å²) in [6, 6.07) is 13.7. The first-order valence-electron chi connectivity index (χ1n) is 9.97. The monoisotopic (exact) mass is 421 g/mol. The third-order valence-corrected chi connectivity index (χ3v) is 5.18. The number of hydrogen-bond donors (Lipinski definition) is 1. The van der Waals surface area contributed by atoms with Crippen molar-refractivity contribution in [1.29, 1.82) is 0 Å². The Kier molecular flexibility index (Phi) is 5.37. The zero-order valence-corrected chi connectivity index (χ0v) is 17.5. The molecule has 1 aliphatic heterocycles. The number of hydrogen-bond acceptors (Lipinski definition) is 5. The van der Waals surface area contributed by atoms with Crippen molar-refractivity contribution in [3.8, 4) is 17.2 Å². The van der Waals surface area contributed by atoms with E-state index in [1.54, 1.807) is 37.3 Å². The lowest BCUT2D eigenvalue weighted by Crippen LogP contribution is -2.41. The summed E-state index contributed by atoms with van der Waals surface area (Å²) in [6.45, 7) is 5.22. The van der Waals surface area contributed by atoms with Gasteiger partial charge in [0, 0.05) is 17.3 Å². The van der Waals surface area contributed by atoms with Gasteiger partial charge in [0.15, 0.2) is 17.3 Å². The van der Waals surface area contributed by atoms with Crippen LogP contribution in [0, 0.1) is 6.92 Å². The van der Waals surface area contributed by atoms with Crippen LogP contribution in [-0.2, 0) is 0 Å². The number of carbonyl (C=O) groups is 2. The highest BCUT2D eigenvalue weighted by molar-refractivity contribution is 6.03. The molecule has 1 aliphatic rings. The average molecular weight is 421 g/mol. The Morgan fingerprint density at radius 2 is 1.81 bits per heavy atom. The Balaban J connectivity index is 1.61. The van der Waals surface area contributed by atoms with Crippen molar-refractivity contribution >= 4 is 11.7 Å². The number of H-pyrrole nitrogens is 1. The molecule has 0 aliphatic carbocycles. The number of fused-ring (bicyclic) bond motifs is 1. The summed E-state index contributed by atoms with van der Waals surface area (Å²) in [5.41, 5.74) is 1.09. The van der Waals surface area contributed by atoms with Gasteiger partial charge in [-0.25, -0.2) is 4.68 Å². The van der Waals surface area contributed by atoms with Crippen molar-refractivity contribution in [3.63, 3.8) is 0 Å². The van der Waals surface area contributed by atoms with E-state index in [0.29, 0.717) is 28.4 Å². The molecule has 8 nitrogen and oxygen atoms in total. The molecule has 2 aromatic carbocycles. The van der Waals surface area contributed by atoms with Crippen LogP contribution in [0.4, 0.5) is 0 Å². The molecule has 0 unspecified atom stereocenters. The molecule has 0 saturated carbocycles. The van der Waals surface area contributed by atoms with Gasteiger partial charge in [-0.15, -0.1) is 0 Å². The van der Waals surface area contributed by atoms with Crippen molar-refractivity contribution in [3.05, 3.63) is 75.7 Å². The zero-order chi connectivity index (χ0) is 22.1. The van der Waals surface area contributed by atoms with E-state index in [1.807, 2.05) is 32.0 Å². The number of para-hydroxylation sites is 1. The van der Waals surface area contributed by atoms with Gasteiger partial charge in [-0.2, -0.15) is 0 Å². The van der Waals surface area contributed by atoms with E-state index < -0.39 is 11.3 Å². The van der Waals surface area contributed by atoms with E-state index >= 15 is 0 Å². The summed E-state index contributed by atoms with van der Waals surface area (Å²) in [7, 11) is 0. The smallest absolute Gasteiger partial charge is 0.282 e. The SMILES string of the molecule is Cc1[nH]n(-c2ccccc2)c(=O)c1C(=O)CN(C(=O)c1ccc2c(c1)OCO2)C(C)C. The largest absolute Gasteiger partial charge is 0.454 e. The molecule has 1 amide bonds. The van der Waals surface area contributed by atoms with Crippen LogP contribution < -0.4 is 15.0 Å². The van der Waals surface area contributed by atoms with Gasteiger partial charge in [-0.3, -0.25) is 19.5 Å². The summed E-state index contributed by atoms with van der Waals surface area (Å²) in [5, 5.41) is 2.95. The first kappa shape index (κ1) is 20.5. The van der Waals surface area contributed by atoms with Crippen LogP contribution in [0.15, 0.2) is 53.3 Å². The van der Waals surface area contributed by atoms with Gasteiger partial charge in [0.2, 0.25) is 6.79 Å². The van der Waals surface area contributed by atoms with Gasteiger partial charge in [-0.1, -0.05) is 18.2 Å². The van der Waals surface area contributed by atoms with Crippen molar-refractivity contribution < 1.29 is 19.1 Å². The minimum absolute atomic E-state index is 0.0491. The number of Topliss-reactive ketones (excluding diaryl/α,β-unsaturated/α-hetero) is 1. The van der Waals surface area contributed by atoms with Crippen molar-refractivity contribution in [1.82, 2.24) is 14.7 Å². The predicted octanol–water partition coefficient (Wildman–Crippen LogP) is 2.94. The van der Waals surface area contributed by atoms with E-state index in [1.165, 1.54) is 9.58 Å². The van der Waals surface area contributed by atoms with Crippen LogP contribution in [0.1, 0.15) is 40.3 Å². The fraction of sp³-hybridized carbons (Fsp3) is 0.261. The number of benzene rings is 2. The van der Waals surface area contributed by atoms with Crippen LogP contribution in [-0.4, -0.2) is 45.8 Å². The maximum atomic E-state index is 13.1. The fourth-order valence-corrected chi connectivity index (χ4v) is 3.55. The van der Waals surface area contributed by atoms with Crippen LogP contribution in [0.2, 0.25) is 0 Å². The Hall–Kier alpha value is -3.81. The second-order valence-electron chi connectivity index (χ2n) is 7.61. The molecule has 0 saturated heterocycles. The maximum absolute atomic E-state index is 13.1. The first-order chi connectivity index (χ1) is 14.9. The number of aromatic amines is 1. The van der Waals surface area contributed by atoms with Gasteiger partial charge in [0.05, 0.1) is 12.2 Å². The van der Waals surface area contributed by atoms with Crippen LogP contribution in [0.25, 0.3) is 5.69 Å². The van der Waals surface area contributed by atoms with E-state index in [4.69, 9.17) is 9.47 Å². The quantitative estimate of drug-likeness (QED) is 0.618. The number of amides is 1. The van der Waals surface area contributed by atoms with Gasteiger partial charge >= 0.3 is 0 Å². The summed E-state index contributed by atoms with van der Waals surface area (Å²) >= 11 is 0. The maximum Gasteiger partial charge on any atom is 0.282 e. The normalized spacial score (nSPS) is 12.3. The minimum atomic E-state index is -0.437. The summed E-state index contributed by atoms with van der Waals surface area (Å²) in [4.78, 5) is 40.6. The van der Waals surface area contributed by atoms with E-state index in [2.05, 4.69) is 5.10 Å². The number of nitrogens with one attached hydrogen (secondary N) is 1. The van der Waals surface area contributed by atoms with Crippen LogP contribution in [0.3, 0.4) is 0 Å². The molecule has 1 N–H and O–H groups in total. The Labute approximate surface area is 179 Å². The molecule has 0 fully saturated rings. The number of rotatable bonds is 6. The number of carbonyl (C=O) groups excluding carboxylic acids is 2.